The molecule has 0 unspecified atom stereocenters. The van der Waals surface area contributed by atoms with Crippen LogP contribution in [0.3, 0.4) is 0 Å². The highest BCUT2D eigenvalue weighted by molar-refractivity contribution is 8.01. The van der Waals surface area contributed by atoms with Crippen LogP contribution in [0.5, 0.6) is 5.75 Å². The summed E-state index contributed by atoms with van der Waals surface area (Å²) in [6.07, 6.45) is 0. The molecule has 0 spiro atoms. The fraction of sp³-hybridized carbons (Fsp3) is 0.526. The lowest BCUT2D eigenvalue weighted by atomic mass is 10.3. The highest BCUT2D eigenvalue weighted by Crippen LogP contribution is 2.30. The van der Waals surface area contributed by atoms with E-state index in [0.717, 1.165) is 0 Å². The molecule has 172 valence electrons. The topological polar surface area (TPSA) is 114 Å². The van der Waals surface area contributed by atoms with Crippen molar-refractivity contribution < 1.29 is 17.9 Å². The van der Waals surface area contributed by atoms with E-state index >= 15 is 0 Å². The molecular weight excluding hydrogens is 458 g/mol. The first-order valence-electron chi connectivity index (χ1n) is 10.0. The largest absolute Gasteiger partial charge is 0.492 e. The summed E-state index contributed by atoms with van der Waals surface area (Å²) in [5.74, 6) is 0.122. The number of nitrogens with zero attached hydrogens (tertiary/aromatic N) is 3. The van der Waals surface area contributed by atoms with E-state index in [4.69, 9.17) is 4.74 Å². The molecule has 0 radical (unpaired) electrons. The van der Waals surface area contributed by atoms with Crippen molar-refractivity contribution in [2.24, 2.45) is 0 Å². The molecule has 2 aromatic rings. The highest BCUT2D eigenvalue weighted by Gasteiger charge is 2.26. The van der Waals surface area contributed by atoms with Gasteiger partial charge in [-0.05, 0) is 39.0 Å². The van der Waals surface area contributed by atoms with Crippen molar-refractivity contribution in [2.75, 3.05) is 36.1 Å². The van der Waals surface area contributed by atoms with Gasteiger partial charge in [0.1, 0.15) is 10.6 Å². The summed E-state index contributed by atoms with van der Waals surface area (Å²) >= 11 is 2.65. The molecule has 1 aromatic carbocycles. The molecule has 9 nitrogen and oxygen atoms in total. The van der Waals surface area contributed by atoms with Crippen LogP contribution in [0.1, 0.15) is 34.6 Å². The maximum Gasteiger partial charge on any atom is 0.246 e. The van der Waals surface area contributed by atoms with Crippen LogP contribution in [-0.4, -0.2) is 60.3 Å². The van der Waals surface area contributed by atoms with Crippen molar-refractivity contribution in [1.82, 2.24) is 14.5 Å². The minimum absolute atomic E-state index is 0.0389. The Morgan fingerprint density at radius 3 is 2.55 bits per heavy atom. The quantitative estimate of drug-likeness (QED) is 0.437. The highest BCUT2D eigenvalue weighted by atomic mass is 32.2. The van der Waals surface area contributed by atoms with E-state index in [0.29, 0.717) is 34.9 Å². The van der Waals surface area contributed by atoms with Crippen LogP contribution in [0.15, 0.2) is 27.4 Å². The van der Waals surface area contributed by atoms with Crippen molar-refractivity contribution in [3.05, 3.63) is 18.2 Å². The van der Waals surface area contributed by atoms with E-state index in [2.05, 4.69) is 20.8 Å². The number of sulfonamides is 1. The summed E-state index contributed by atoms with van der Waals surface area (Å²) < 4.78 is 33.6. The lowest BCUT2D eigenvalue weighted by Gasteiger charge is -2.21. The third-order valence-electron chi connectivity index (χ3n) is 4.00. The summed E-state index contributed by atoms with van der Waals surface area (Å²) in [5, 5.41) is 14.7. The smallest absolute Gasteiger partial charge is 0.246 e. The van der Waals surface area contributed by atoms with Crippen molar-refractivity contribution >= 4 is 49.8 Å². The molecule has 0 aliphatic rings. The molecule has 31 heavy (non-hydrogen) atoms. The van der Waals surface area contributed by atoms with Crippen molar-refractivity contribution in [3.63, 3.8) is 0 Å². The Labute approximate surface area is 192 Å². The molecule has 12 heteroatoms. The molecule has 2 rings (SSSR count). The van der Waals surface area contributed by atoms with Gasteiger partial charge in [0.25, 0.3) is 0 Å². The maximum absolute atomic E-state index is 13.0. The number of benzene rings is 1. The van der Waals surface area contributed by atoms with Crippen molar-refractivity contribution in [1.29, 1.82) is 0 Å². The fourth-order valence-electron chi connectivity index (χ4n) is 2.66. The van der Waals surface area contributed by atoms with Crippen LogP contribution in [0.4, 0.5) is 10.8 Å². The van der Waals surface area contributed by atoms with Crippen LogP contribution in [0, 0.1) is 0 Å². The molecule has 1 amide bonds. The summed E-state index contributed by atoms with van der Waals surface area (Å²) in [7, 11) is -3.75. The predicted octanol–water partition coefficient (Wildman–Crippen LogP) is 3.52. The number of rotatable bonds is 12. The van der Waals surface area contributed by atoms with Gasteiger partial charge >= 0.3 is 0 Å². The Hall–Kier alpha value is -1.89. The van der Waals surface area contributed by atoms with E-state index in [9.17, 15) is 13.2 Å². The molecule has 1 aromatic heterocycles. The van der Waals surface area contributed by atoms with Gasteiger partial charge in [0.05, 0.1) is 12.4 Å². The molecule has 2 N–H and O–H groups in total. The zero-order valence-corrected chi connectivity index (χ0v) is 20.8. The van der Waals surface area contributed by atoms with Crippen LogP contribution in [-0.2, 0) is 14.8 Å². The summed E-state index contributed by atoms with van der Waals surface area (Å²) in [6, 6.07) is 4.88. The van der Waals surface area contributed by atoms with Crippen molar-refractivity contribution in [2.45, 2.75) is 49.9 Å². The second-order valence-corrected chi connectivity index (χ2v) is 10.8. The Morgan fingerprint density at radius 1 is 1.23 bits per heavy atom. The number of hydrogen-bond acceptors (Lipinski definition) is 9. The fourth-order valence-corrected chi connectivity index (χ4v) is 5.98. The summed E-state index contributed by atoms with van der Waals surface area (Å²) in [6.45, 7) is 10.4. The molecule has 1 heterocycles. The lowest BCUT2D eigenvalue weighted by molar-refractivity contribution is -0.113. The molecule has 0 saturated heterocycles. The van der Waals surface area contributed by atoms with Gasteiger partial charge in [-0.25, -0.2) is 8.42 Å². The van der Waals surface area contributed by atoms with Gasteiger partial charge < -0.3 is 15.4 Å². The summed E-state index contributed by atoms with van der Waals surface area (Å²) in [5.41, 5.74) is 0.388. The van der Waals surface area contributed by atoms with Gasteiger partial charge in [0, 0.05) is 24.8 Å². The second kappa shape index (κ2) is 11.7. The van der Waals surface area contributed by atoms with Crippen molar-refractivity contribution in [3.8, 4) is 5.75 Å². The van der Waals surface area contributed by atoms with Crippen LogP contribution in [0.2, 0.25) is 0 Å². The lowest BCUT2D eigenvalue weighted by Crippen LogP contribution is -2.31. The van der Waals surface area contributed by atoms with E-state index in [1.807, 2.05) is 13.8 Å². The number of thioether (sulfide) groups is 1. The number of carbonyl (C=O) groups excluding carboxylic acids is 1. The van der Waals surface area contributed by atoms with Gasteiger partial charge in [0.15, 0.2) is 4.34 Å². The first-order valence-corrected chi connectivity index (χ1v) is 13.2. The minimum atomic E-state index is -3.75. The average molecular weight is 488 g/mol. The van der Waals surface area contributed by atoms with Gasteiger partial charge in [-0.15, -0.1) is 10.2 Å². The average Bonchev–Trinajstić information content (AvgIpc) is 3.15. The third kappa shape index (κ3) is 7.06. The van der Waals surface area contributed by atoms with Crippen LogP contribution >= 0.6 is 23.1 Å². The van der Waals surface area contributed by atoms with Crippen LogP contribution < -0.4 is 15.4 Å². The monoisotopic (exact) mass is 487 g/mol. The Morgan fingerprint density at radius 2 is 1.94 bits per heavy atom. The summed E-state index contributed by atoms with van der Waals surface area (Å²) in [4.78, 5) is 12.4. The number of anilines is 2. The third-order valence-corrected chi connectivity index (χ3v) is 8.05. The predicted molar refractivity (Wildman–Crippen MR) is 126 cm³/mol. The van der Waals surface area contributed by atoms with E-state index in [1.165, 1.54) is 33.5 Å². The minimum Gasteiger partial charge on any atom is -0.492 e. The molecule has 0 saturated carbocycles. The standard InChI is InChI=1S/C19H29N5O4S3/c1-6-24(7-2)31(26,27)16-11-14(9-10-15(16)28-8-3)21-17(25)12-29-19-23-22-18(30-19)20-13(4)5/h9-11,13H,6-8,12H2,1-5H3,(H,20,22)(H,21,25). The number of amides is 1. The van der Waals surface area contributed by atoms with Gasteiger partial charge in [-0.2, -0.15) is 4.31 Å². The maximum atomic E-state index is 13.0. The molecule has 0 fully saturated rings. The SMILES string of the molecule is CCOc1ccc(NC(=O)CSc2nnc(NC(C)C)s2)cc1S(=O)(=O)N(CC)CC. The van der Waals surface area contributed by atoms with E-state index < -0.39 is 10.0 Å². The Kier molecular flexibility index (Phi) is 9.54. The van der Waals surface area contributed by atoms with Gasteiger partial charge in [0.2, 0.25) is 21.1 Å². The number of aromatic nitrogens is 2. The second-order valence-electron chi connectivity index (χ2n) is 6.69. The van der Waals surface area contributed by atoms with Gasteiger partial charge in [-0.1, -0.05) is 36.9 Å². The first kappa shape index (κ1) is 25.4. The zero-order chi connectivity index (χ0) is 23.0. The number of hydrogen-bond donors (Lipinski definition) is 2. The van der Waals surface area contributed by atoms with E-state index in [1.54, 1.807) is 32.9 Å². The van der Waals surface area contributed by atoms with Crippen LogP contribution in [0.25, 0.3) is 0 Å². The molecule has 0 aliphatic carbocycles. The number of carbonyl (C=O) groups is 1. The molecular formula is C19H29N5O4S3. The zero-order valence-electron chi connectivity index (χ0n) is 18.3. The van der Waals surface area contributed by atoms with Gasteiger partial charge in [-0.3, -0.25) is 4.79 Å². The number of nitrogens with one attached hydrogen (secondary N) is 2. The molecule has 0 aliphatic heterocycles. The Balaban J connectivity index is 2.12. The number of ether oxygens (including phenoxy) is 1. The Bertz CT molecular complexity index is 975. The molecule has 0 bridgehead atoms. The van der Waals surface area contributed by atoms with E-state index in [-0.39, 0.29) is 28.3 Å². The first-order chi connectivity index (χ1) is 14.7. The normalized spacial score (nSPS) is 11.7. The molecule has 0 atom stereocenters.